The fraction of sp³-hybridized carbons (Fsp3) is 0.118. The van der Waals surface area contributed by atoms with E-state index in [1.54, 1.807) is 24.3 Å². The lowest BCUT2D eigenvalue weighted by atomic mass is 9.97. The third kappa shape index (κ3) is 6.39. The normalized spacial score (nSPS) is 11.1. The summed E-state index contributed by atoms with van der Waals surface area (Å²) in [7, 11) is 0. The van der Waals surface area contributed by atoms with E-state index < -0.39 is 0 Å². The minimum atomic E-state index is -0.330. The number of hydrogen-bond donors (Lipinski definition) is 0. The van der Waals surface area contributed by atoms with Gasteiger partial charge in [-0.25, -0.2) is 9.07 Å². The zero-order chi connectivity index (χ0) is 27.0. The first-order valence-electron chi connectivity index (χ1n) is 12.9. The van der Waals surface area contributed by atoms with Gasteiger partial charge in [-0.3, -0.25) is 4.79 Å². The Balaban J connectivity index is 1.57. The predicted octanol–water partition coefficient (Wildman–Crippen LogP) is 7.35. The Morgan fingerprint density at radius 3 is 2.26 bits per heavy atom. The Labute approximate surface area is 227 Å². The lowest BCUT2D eigenvalue weighted by molar-refractivity contribution is 0.307. The largest absolute Gasteiger partial charge is 0.488 e. The molecule has 5 aromatic rings. The molecule has 1 aromatic heterocycles. The van der Waals surface area contributed by atoms with Crippen molar-refractivity contribution in [2.75, 3.05) is 0 Å². The summed E-state index contributed by atoms with van der Waals surface area (Å²) in [6, 6.07) is 33.9. The van der Waals surface area contributed by atoms with Crippen LogP contribution in [-0.2, 0) is 19.6 Å². The van der Waals surface area contributed by atoms with Crippen molar-refractivity contribution >= 4 is 12.2 Å². The van der Waals surface area contributed by atoms with Crippen molar-refractivity contribution in [1.29, 1.82) is 0 Å². The molecule has 39 heavy (non-hydrogen) atoms. The molecule has 0 bridgehead atoms. The Bertz CT molecular complexity index is 1640. The third-order valence-electron chi connectivity index (χ3n) is 6.51. The summed E-state index contributed by atoms with van der Waals surface area (Å²) in [4.78, 5) is 13.8. The van der Waals surface area contributed by atoms with Gasteiger partial charge in [-0.05, 0) is 54.3 Å². The van der Waals surface area contributed by atoms with Crippen LogP contribution in [0.2, 0.25) is 0 Å². The SMILES string of the molecule is Cc1nn(CCc2ccccc2)c(=O)c(C=Cc2cccc(F)c2)c1-c1ccccc1OCc1ccccc1. The molecule has 0 saturated carbocycles. The van der Waals surface area contributed by atoms with Crippen LogP contribution >= 0.6 is 0 Å². The van der Waals surface area contributed by atoms with E-state index in [9.17, 15) is 9.18 Å². The minimum Gasteiger partial charge on any atom is -0.488 e. The number of halogens is 1. The third-order valence-corrected chi connectivity index (χ3v) is 6.51. The second-order valence-electron chi connectivity index (χ2n) is 9.30. The topological polar surface area (TPSA) is 44.1 Å². The molecular weight excluding hydrogens is 487 g/mol. The molecule has 0 aliphatic heterocycles. The maximum atomic E-state index is 13.9. The second kappa shape index (κ2) is 12.2. The summed E-state index contributed by atoms with van der Waals surface area (Å²) in [5.41, 5.74) is 5.30. The number of hydrogen-bond acceptors (Lipinski definition) is 3. The van der Waals surface area contributed by atoms with E-state index in [-0.39, 0.29) is 11.4 Å². The van der Waals surface area contributed by atoms with E-state index in [0.29, 0.717) is 47.7 Å². The number of aromatic nitrogens is 2. The Morgan fingerprint density at radius 1 is 0.821 bits per heavy atom. The molecule has 0 N–H and O–H groups in total. The van der Waals surface area contributed by atoms with Crippen molar-refractivity contribution in [2.45, 2.75) is 26.5 Å². The molecule has 0 atom stereocenters. The van der Waals surface area contributed by atoms with Gasteiger partial charge in [0, 0.05) is 17.7 Å². The zero-order valence-corrected chi connectivity index (χ0v) is 21.8. The fourth-order valence-electron chi connectivity index (χ4n) is 4.57. The highest BCUT2D eigenvalue weighted by atomic mass is 19.1. The van der Waals surface area contributed by atoms with Crippen LogP contribution in [-0.4, -0.2) is 9.78 Å². The molecule has 4 aromatic carbocycles. The molecule has 0 saturated heterocycles. The van der Waals surface area contributed by atoms with Crippen molar-refractivity contribution in [2.24, 2.45) is 0 Å². The van der Waals surface area contributed by atoms with Gasteiger partial charge in [0.05, 0.1) is 11.3 Å². The Hall–Kier alpha value is -4.77. The number of rotatable bonds is 9. The first-order valence-corrected chi connectivity index (χ1v) is 12.9. The molecule has 1 heterocycles. The van der Waals surface area contributed by atoms with Gasteiger partial charge < -0.3 is 4.74 Å². The highest BCUT2D eigenvalue weighted by Crippen LogP contribution is 2.34. The maximum absolute atomic E-state index is 13.9. The van der Waals surface area contributed by atoms with Gasteiger partial charge in [-0.2, -0.15) is 5.10 Å². The van der Waals surface area contributed by atoms with Crippen molar-refractivity contribution in [1.82, 2.24) is 9.78 Å². The van der Waals surface area contributed by atoms with Gasteiger partial charge in [0.2, 0.25) is 0 Å². The lowest BCUT2D eigenvalue weighted by Gasteiger charge is -2.17. The van der Waals surface area contributed by atoms with E-state index in [0.717, 1.165) is 16.7 Å². The summed E-state index contributed by atoms with van der Waals surface area (Å²) in [6.45, 7) is 2.74. The molecule has 5 rings (SSSR count). The highest BCUT2D eigenvalue weighted by Gasteiger charge is 2.18. The number of para-hydroxylation sites is 1. The van der Waals surface area contributed by atoms with E-state index in [1.807, 2.05) is 91.9 Å². The molecular formula is C34H29FN2O2. The first kappa shape index (κ1) is 25.9. The molecule has 194 valence electrons. The van der Waals surface area contributed by atoms with Crippen molar-refractivity contribution in [3.8, 4) is 16.9 Å². The summed E-state index contributed by atoms with van der Waals surface area (Å²) < 4.78 is 21.6. The predicted molar refractivity (Wildman–Crippen MR) is 155 cm³/mol. The number of nitrogens with zero attached hydrogens (tertiary/aromatic N) is 2. The maximum Gasteiger partial charge on any atom is 0.274 e. The molecule has 0 amide bonds. The van der Waals surface area contributed by atoms with Crippen molar-refractivity contribution in [3.63, 3.8) is 0 Å². The molecule has 0 fully saturated rings. The van der Waals surface area contributed by atoms with Crippen molar-refractivity contribution < 1.29 is 9.13 Å². The van der Waals surface area contributed by atoms with E-state index in [4.69, 9.17) is 9.84 Å². The monoisotopic (exact) mass is 516 g/mol. The highest BCUT2D eigenvalue weighted by molar-refractivity contribution is 5.84. The first-order chi connectivity index (χ1) is 19.1. The summed E-state index contributed by atoms with van der Waals surface area (Å²) >= 11 is 0. The van der Waals surface area contributed by atoms with Gasteiger partial charge in [0.25, 0.3) is 5.56 Å². The number of aryl methyl sites for hydroxylation is 3. The van der Waals surface area contributed by atoms with Crippen LogP contribution in [0.5, 0.6) is 5.75 Å². The van der Waals surface area contributed by atoms with Crippen LogP contribution < -0.4 is 10.3 Å². The van der Waals surface area contributed by atoms with E-state index in [2.05, 4.69) is 0 Å². The molecule has 4 nitrogen and oxygen atoms in total. The molecule has 0 aliphatic carbocycles. The second-order valence-corrected chi connectivity index (χ2v) is 9.30. The molecule has 5 heteroatoms. The summed E-state index contributed by atoms with van der Waals surface area (Å²) in [5, 5.41) is 4.71. The Kier molecular flexibility index (Phi) is 8.08. The van der Waals surface area contributed by atoms with E-state index >= 15 is 0 Å². The van der Waals surface area contributed by atoms with E-state index in [1.165, 1.54) is 16.8 Å². The van der Waals surface area contributed by atoms with Gasteiger partial charge >= 0.3 is 0 Å². The van der Waals surface area contributed by atoms with Crippen LogP contribution in [0.4, 0.5) is 4.39 Å². The smallest absolute Gasteiger partial charge is 0.274 e. The Morgan fingerprint density at radius 2 is 1.51 bits per heavy atom. The van der Waals surface area contributed by atoms with Crippen molar-refractivity contribution in [3.05, 3.63) is 153 Å². The lowest BCUT2D eigenvalue weighted by Crippen LogP contribution is -2.27. The minimum absolute atomic E-state index is 0.211. The molecule has 0 radical (unpaired) electrons. The zero-order valence-electron chi connectivity index (χ0n) is 21.8. The van der Waals surface area contributed by atoms with Gasteiger partial charge in [-0.15, -0.1) is 0 Å². The summed E-state index contributed by atoms with van der Waals surface area (Å²) in [5.74, 6) is 0.330. The molecule has 0 unspecified atom stereocenters. The van der Waals surface area contributed by atoms with Crippen LogP contribution in [0, 0.1) is 12.7 Å². The molecule has 0 aliphatic rings. The quantitative estimate of drug-likeness (QED) is 0.206. The summed E-state index contributed by atoms with van der Waals surface area (Å²) in [6.07, 6.45) is 4.20. The van der Waals surface area contributed by atoms with Gasteiger partial charge in [0.1, 0.15) is 18.2 Å². The average molecular weight is 517 g/mol. The van der Waals surface area contributed by atoms with Crippen LogP contribution in [0.3, 0.4) is 0 Å². The number of ether oxygens (including phenoxy) is 1. The fourth-order valence-corrected chi connectivity index (χ4v) is 4.57. The standard InChI is InChI=1S/C34H29FN2O2/c1-25-33(30-17-8-9-18-32(30)39-24-28-13-6-3-7-14-28)31(20-19-27-15-10-16-29(35)23-27)34(38)37(36-25)22-21-26-11-4-2-5-12-26/h2-20,23H,21-22,24H2,1H3. The average Bonchev–Trinajstić information content (AvgIpc) is 2.97. The van der Waals surface area contributed by atoms with Gasteiger partial charge in [-0.1, -0.05) is 97.1 Å². The molecule has 0 spiro atoms. The van der Waals surface area contributed by atoms with Crippen LogP contribution in [0.15, 0.2) is 114 Å². The van der Waals surface area contributed by atoms with Gasteiger partial charge in [0.15, 0.2) is 0 Å². The van der Waals surface area contributed by atoms with Crippen LogP contribution in [0.25, 0.3) is 23.3 Å². The van der Waals surface area contributed by atoms with Crippen LogP contribution in [0.1, 0.15) is 27.9 Å². The number of benzene rings is 4.